The molecule has 3 nitrogen and oxygen atoms in total. The second kappa shape index (κ2) is 4.74. The molecule has 5 aliphatic rings. The average molecular weight is 316 g/mol. The van der Waals surface area contributed by atoms with Crippen LogP contribution in [0.15, 0.2) is 0 Å². The molecule has 4 aliphatic carbocycles. The highest BCUT2D eigenvalue weighted by molar-refractivity contribution is 5.76. The van der Waals surface area contributed by atoms with Crippen LogP contribution in [0.2, 0.25) is 0 Å². The zero-order valence-corrected chi connectivity index (χ0v) is 14.6. The Balaban J connectivity index is 1.45. The number of esters is 1. The van der Waals surface area contributed by atoms with E-state index in [1.807, 2.05) is 0 Å². The summed E-state index contributed by atoms with van der Waals surface area (Å²) in [5, 5.41) is 4.67. The molecule has 0 aromatic rings. The number of carbonyl (C=O) groups excluding carboxylic acids is 1. The summed E-state index contributed by atoms with van der Waals surface area (Å²) in [6.07, 6.45) is 11.3. The van der Waals surface area contributed by atoms with Crippen molar-refractivity contribution in [2.75, 3.05) is 6.54 Å². The number of ether oxygens (including phenoxy) is 1. The molecule has 0 bridgehead atoms. The van der Waals surface area contributed by atoms with Crippen molar-refractivity contribution in [3.63, 3.8) is 0 Å². The molecule has 1 saturated heterocycles. The van der Waals surface area contributed by atoms with Crippen LogP contribution in [-0.2, 0) is 9.53 Å². The largest absolute Gasteiger partial charge is 0.659 e. The van der Waals surface area contributed by atoms with Gasteiger partial charge in [-0.2, -0.15) is 0 Å². The molecule has 2 spiro atoms. The van der Waals surface area contributed by atoms with Crippen molar-refractivity contribution in [3.05, 3.63) is 5.32 Å². The Bertz CT molecular complexity index is 520. The van der Waals surface area contributed by atoms with Gasteiger partial charge in [0, 0.05) is 17.8 Å². The average Bonchev–Trinajstić information content (AvgIpc) is 3.38. The minimum absolute atomic E-state index is 0.0494. The van der Waals surface area contributed by atoms with Crippen LogP contribution in [0.5, 0.6) is 0 Å². The van der Waals surface area contributed by atoms with Gasteiger partial charge in [-0.05, 0) is 68.1 Å². The summed E-state index contributed by atoms with van der Waals surface area (Å²) in [6.45, 7) is 4.90. The Kier molecular flexibility index (Phi) is 3.04. The molecule has 0 aromatic carbocycles. The zero-order chi connectivity index (χ0) is 15.8. The van der Waals surface area contributed by atoms with Crippen LogP contribution in [0.25, 0.3) is 5.32 Å². The number of fused-ring (bicyclic) bond motifs is 5. The SMILES string of the molecule is CC(C)[N-]C[C@@H]1C(=O)O[C@H]2[C@H]1CCC1(CC1)[C@@H]1CCC3(CC3)[C@H]21. The molecule has 0 aromatic heterocycles. The van der Waals surface area contributed by atoms with Gasteiger partial charge in [0.2, 0.25) is 0 Å². The van der Waals surface area contributed by atoms with Gasteiger partial charge in [-0.3, -0.25) is 4.79 Å². The topological polar surface area (TPSA) is 40.4 Å². The monoisotopic (exact) mass is 316 g/mol. The predicted octanol–water partition coefficient (Wildman–Crippen LogP) is 4.31. The van der Waals surface area contributed by atoms with Crippen molar-refractivity contribution < 1.29 is 9.53 Å². The van der Waals surface area contributed by atoms with Crippen LogP contribution in [0.1, 0.15) is 65.2 Å². The normalized spacial score (nSPS) is 45.0. The van der Waals surface area contributed by atoms with Crippen molar-refractivity contribution in [3.8, 4) is 0 Å². The lowest BCUT2D eigenvalue weighted by atomic mass is 9.73. The van der Waals surface area contributed by atoms with E-state index < -0.39 is 0 Å². The van der Waals surface area contributed by atoms with E-state index in [0.717, 1.165) is 5.92 Å². The maximum absolute atomic E-state index is 12.6. The first-order valence-electron chi connectivity index (χ1n) is 9.92. The van der Waals surface area contributed by atoms with Crippen LogP contribution >= 0.6 is 0 Å². The lowest BCUT2D eigenvalue weighted by Crippen LogP contribution is -2.35. The minimum atomic E-state index is 0.0494. The summed E-state index contributed by atoms with van der Waals surface area (Å²) in [5.74, 6) is 2.11. The van der Waals surface area contributed by atoms with E-state index in [9.17, 15) is 4.79 Å². The molecule has 5 rings (SSSR count). The van der Waals surface area contributed by atoms with Gasteiger partial charge in [-0.1, -0.05) is 13.8 Å². The second-order valence-electron chi connectivity index (χ2n) is 9.57. The molecule has 23 heavy (non-hydrogen) atoms. The highest BCUT2D eigenvalue weighted by atomic mass is 16.6. The van der Waals surface area contributed by atoms with E-state index in [0.29, 0.717) is 35.3 Å². The van der Waals surface area contributed by atoms with Crippen molar-refractivity contribution in [1.29, 1.82) is 0 Å². The van der Waals surface area contributed by atoms with E-state index in [4.69, 9.17) is 4.74 Å². The van der Waals surface area contributed by atoms with E-state index in [1.54, 1.807) is 0 Å². The quantitative estimate of drug-likeness (QED) is 0.728. The summed E-state index contributed by atoms with van der Waals surface area (Å²) in [4.78, 5) is 12.6. The standard InChI is InChI=1S/C20H30NO2/c1-12(2)21-11-14-13-3-5-19(7-8-19)15-4-6-20(9-10-20)16(15)17(13)23-18(14)22/h12-17H,3-11H2,1-2H3/q-1/t13-,14-,15+,16-,17-/m0/s1. The first-order chi connectivity index (χ1) is 11.0. The molecule has 0 radical (unpaired) electrons. The number of rotatable bonds is 3. The Hall–Kier alpha value is -0.570. The number of carbonyl (C=O) groups is 1. The summed E-state index contributed by atoms with van der Waals surface area (Å²) < 4.78 is 6.10. The van der Waals surface area contributed by atoms with Crippen molar-refractivity contribution in [2.24, 2.45) is 34.5 Å². The molecule has 0 amide bonds. The fraction of sp³-hybridized carbons (Fsp3) is 0.950. The van der Waals surface area contributed by atoms with Gasteiger partial charge in [0.25, 0.3) is 0 Å². The summed E-state index contributed by atoms with van der Waals surface area (Å²) in [7, 11) is 0. The van der Waals surface area contributed by atoms with Crippen molar-refractivity contribution >= 4 is 5.97 Å². The third-order valence-corrected chi connectivity index (χ3v) is 8.16. The van der Waals surface area contributed by atoms with Crippen LogP contribution < -0.4 is 0 Å². The summed E-state index contributed by atoms with van der Waals surface area (Å²) in [6, 6.07) is 0.316. The number of hydrogen-bond donors (Lipinski definition) is 0. The summed E-state index contributed by atoms with van der Waals surface area (Å²) in [5.41, 5.74) is 1.21. The molecule has 0 unspecified atom stereocenters. The highest BCUT2D eigenvalue weighted by Gasteiger charge is 2.69. The van der Waals surface area contributed by atoms with E-state index in [1.165, 1.54) is 51.4 Å². The van der Waals surface area contributed by atoms with Gasteiger partial charge in [-0.25, -0.2) is 0 Å². The molecular formula is C20H30NO2-. The molecule has 5 atom stereocenters. The maximum Gasteiger partial charge on any atom is 0.307 e. The van der Waals surface area contributed by atoms with Gasteiger partial charge in [0.15, 0.2) is 0 Å². The Morgan fingerprint density at radius 3 is 2.43 bits per heavy atom. The molecule has 1 heterocycles. The van der Waals surface area contributed by atoms with Gasteiger partial charge in [-0.15, -0.1) is 12.6 Å². The van der Waals surface area contributed by atoms with Gasteiger partial charge in [0.05, 0.1) is 0 Å². The van der Waals surface area contributed by atoms with E-state index in [-0.39, 0.29) is 18.0 Å². The first-order valence-corrected chi connectivity index (χ1v) is 9.92. The predicted molar refractivity (Wildman–Crippen MR) is 89.0 cm³/mol. The fourth-order valence-corrected chi connectivity index (χ4v) is 6.60. The third kappa shape index (κ3) is 2.08. The third-order valence-electron chi connectivity index (χ3n) is 8.16. The zero-order valence-electron chi connectivity index (χ0n) is 14.6. The van der Waals surface area contributed by atoms with Gasteiger partial charge < -0.3 is 10.1 Å². The molecule has 5 fully saturated rings. The Morgan fingerprint density at radius 1 is 1.09 bits per heavy atom. The number of hydrogen-bond acceptors (Lipinski definition) is 2. The lowest BCUT2D eigenvalue weighted by molar-refractivity contribution is -0.147. The molecule has 4 saturated carbocycles. The Labute approximate surface area is 139 Å². The fourth-order valence-electron chi connectivity index (χ4n) is 6.60. The van der Waals surface area contributed by atoms with Gasteiger partial charge in [0.1, 0.15) is 6.10 Å². The molecule has 0 N–H and O–H groups in total. The Morgan fingerprint density at radius 2 is 1.78 bits per heavy atom. The van der Waals surface area contributed by atoms with E-state index >= 15 is 0 Å². The molecule has 3 heteroatoms. The van der Waals surface area contributed by atoms with Crippen LogP contribution in [0.3, 0.4) is 0 Å². The van der Waals surface area contributed by atoms with Crippen LogP contribution in [0, 0.1) is 34.5 Å². The molecular weight excluding hydrogens is 286 g/mol. The van der Waals surface area contributed by atoms with Crippen LogP contribution in [0.4, 0.5) is 0 Å². The molecule has 128 valence electrons. The second-order valence-corrected chi connectivity index (χ2v) is 9.57. The van der Waals surface area contributed by atoms with Crippen molar-refractivity contribution in [1.82, 2.24) is 0 Å². The van der Waals surface area contributed by atoms with Gasteiger partial charge >= 0.3 is 5.97 Å². The highest BCUT2D eigenvalue weighted by Crippen LogP contribution is 2.74. The smallest absolute Gasteiger partial charge is 0.307 e. The summed E-state index contributed by atoms with van der Waals surface area (Å²) >= 11 is 0. The van der Waals surface area contributed by atoms with E-state index in [2.05, 4.69) is 19.2 Å². The first kappa shape index (κ1) is 14.7. The van der Waals surface area contributed by atoms with Crippen LogP contribution in [-0.4, -0.2) is 24.7 Å². The molecule has 1 aliphatic heterocycles. The van der Waals surface area contributed by atoms with Crippen molar-refractivity contribution in [2.45, 2.75) is 77.4 Å². The lowest BCUT2D eigenvalue weighted by Gasteiger charge is -2.34. The minimum Gasteiger partial charge on any atom is -0.659 e. The number of nitrogens with zero attached hydrogens (tertiary/aromatic N) is 1. The maximum atomic E-state index is 12.6.